The van der Waals surface area contributed by atoms with Crippen molar-refractivity contribution in [1.82, 2.24) is 15.2 Å². The van der Waals surface area contributed by atoms with Crippen LogP contribution >= 0.6 is 0 Å². The van der Waals surface area contributed by atoms with Crippen LogP contribution in [-0.2, 0) is 11.3 Å². The number of amides is 1. The molecule has 2 fully saturated rings. The topological polar surface area (TPSA) is 45.2 Å². The Labute approximate surface area is 126 Å². The van der Waals surface area contributed by atoms with Gasteiger partial charge in [-0.1, -0.05) is 18.9 Å². The maximum absolute atomic E-state index is 12.6. The molecule has 1 aromatic rings. The molecule has 3 atom stereocenters. The van der Waals surface area contributed by atoms with Gasteiger partial charge in [-0.3, -0.25) is 9.78 Å². The van der Waals surface area contributed by atoms with Crippen molar-refractivity contribution in [2.45, 2.75) is 57.7 Å². The summed E-state index contributed by atoms with van der Waals surface area (Å²) in [6.07, 6.45) is 6.15. The predicted molar refractivity (Wildman–Crippen MR) is 82.7 cm³/mol. The number of carbonyl (C=O) groups is 1. The third kappa shape index (κ3) is 3.26. The van der Waals surface area contributed by atoms with Crippen LogP contribution in [0.2, 0.25) is 0 Å². The highest BCUT2D eigenvalue weighted by atomic mass is 16.2. The number of carbonyl (C=O) groups excluding carboxylic acids is 1. The second-order valence-electron chi connectivity index (χ2n) is 6.57. The summed E-state index contributed by atoms with van der Waals surface area (Å²) >= 11 is 0. The fourth-order valence-electron chi connectivity index (χ4n) is 3.79. The summed E-state index contributed by atoms with van der Waals surface area (Å²) < 4.78 is 0. The normalized spacial score (nSPS) is 28.2. The van der Waals surface area contributed by atoms with E-state index in [1.807, 2.05) is 37.1 Å². The molecule has 1 aromatic heterocycles. The Morgan fingerprint density at radius 3 is 2.95 bits per heavy atom. The minimum absolute atomic E-state index is 0.00732. The lowest BCUT2D eigenvalue weighted by Gasteiger charge is -2.24. The molecule has 21 heavy (non-hydrogen) atoms. The number of aromatic nitrogens is 1. The monoisotopic (exact) mass is 287 g/mol. The van der Waals surface area contributed by atoms with Gasteiger partial charge in [-0.05, 0) is 44.2 Å². The van der Waals surface area contributed by atoms with Crippen molar-refractivity contribution in [3.05, 3.63) is 29.6 Å². The molecule has 2 heterocycles. The zero-order valence-corrected chi connectivity index (χ0v) is 13.0. The van der Waals surface area contributed by atoms with Gasteiger partial charge in [-0.2, -0.15) is 0 Å². The van der Waals surface area contributed by atoms with Gasteiger partial charge in [-0.15, -0.1) is 0 Å². The van der Waals surface area contributed by atoms with Crippen molar-refractivity contribution >= 4 is 5.91 Å². The first kappa shape index (κ1) is 14.5. The summed E-state index contributed by atoms with van der Waals surface area (Å²) in [6.45, 7) is 2.57. The largest absolute Gasteiger partial charge is 0.339 e. The molecule has 1 N–H and O–H groups in total. The molecular formula is C17H25N3O. The van der Waals surface area contributed by atoms with Crippen LogP contribution in [-0.4, -0.2) is 34.9 Å². The number of rotatable bonds is 3. The van der Waals surface area contributed by atoms with E-state index in [9.17, 15) is 4.79 Å². The first-order valence-corrected chi connectivity index (χ1v) is 8.07. The Morgan fingerprint density at radius 2 is 2.19 bits per heavy atom. The van der Waals surface area contributed by atoms with Crippen molar-refractivity contribution < 1.29 is 4.79 Å². The van der Waals surface area contributed by atoms with Gasteiger partial charge in [0.15, 0.2) is 0 Å². The Morgan fingerprint density at radius 1 is 1.38 bits per heavy atom. The molecule has 0 aromatic carbocycles. The van der Waals surface area contributed by atoms with E-state index in [2.05, 4.69) is 10.3 Å². The molecule has 0 spiro atoms. The Kier molecular flexibility index (Phi) is 4.24. The van der Waals surface area contributed by atoms with Crippen molar-refractivity contribution in [2.24, 2.45) is 5.92 Å². The minimum Gasteiger partial charge on any atom is -0.339 e. The first-order chi connectivity index (χ1) is 10.1. The van der Waals surface area contributed by atoms with E-state index >= 15 is 0 Å². The van der Waals surface area contributed by atoms with Gasteiger partial charge >= 0.3 is 0 Å². The molecular weight excluding hydrogens is 262 g/mol. The van der Waals surface area contributed by atoms with Gasteiger partial charge < -0.3 is 10.2 Å². The third-order valence-corrected chi connectivity index (χ3v) is 4.88. The summed E-state index contributed by atoms with van der Waals surface area (Å²) in [7, 11) is 1.88. The standard InChI is InChI=1S/C17H25N3O/c1-12-6-5-8-14(18-12)11-20(2)17(21)16-10-13-7-3-4-9-15(13)19-16/h5-6,8,13,15-16,19H,3-4,7,9-11H2,1-2H3. The first-order valence-electron chi connectivity index (χ1n) is 8.07. The second kappa shape index (κ2) is 6.14. The van der Waals surface area contributed by atoms with Crippen LogP contribution in [0.15, 0.2) is 18.2 Å². The lowest BCUT2D eigenvalue weighted by atomic mass is 9.85. The quantitative estimate of drug-likeness (QED) is 0.927. The number of hydrogen-bond acceptors (Lipinski definition) is 3. The molecule has 2 aliphatic rings. The zero-order valence-electron chi connectivity index (χ0n) is 13.0. The number of aryl methyl sites for hydroxylation is 1. The van der Waals surface area contributed by atoms with E-state index in [1.54, 1.807) is 0 Å². The molecule has 3 rings (SSSR count). The molecule has 4 heteroatoms. The number of pyridine rings is 1. The molecule has 114 valence electrons. The van der Waals surface area contributed by atoms with E-state index in [-0.39, 0.29) is 11.9 Å². The summed E-state index contributed by atoms with van der Waals surface area (Å²) in [6, 6.07) is 6.54. The van der Waals surface area contributed by atoms with Crippen molar-refractivity contribution in [3.63, 3.8) is 0 Å². The highest BCUT2D eigenvalue weighted by molar-refractivity contribution is 5.82. The minimum atomic E-state index is 0.00732. The Bertz CT molecular complexity index is 503. The molecule has 1 amide bonds. The van der Waals surface area contributed by atoms with Crippen LogP contribution in [0.3, 0.4) is 0 Å². The SMILES string of the molecule is Cc1cccc(CN(C)C(=O)C2CC3CCCCC3N2)n1. The van der Waals surface area contributed by atoms with Gasteiger partial charge in [0, 0.05) is 18.8 Å². The van der Waals surface area contributed by atoms with Crippen molar-refractivity contribution in [3.8, 4) is 0 Å². The Hall–Kier alpha value is -1.42. The van der Waals surface area contributed by atoms with Gasteiger partial charge in [0.2, 0.25) is 5.91 Å². The zero-order chi connectivity index (χ0) is 14.8. The van der Waals surface area contributed by atoms with Crippen LogP contribution < -0.4 is 5.32 Å². The van der Waals surface area contributed by atoms with Crippen molar-refractivity contribution in [1.29, 1.82) is 0 Å². The van der Waals surface area contributed by atoms with Gasteiger partial charge in [0.05, 0.1) is 18.3 Å². The van der Waals surface area contributed by atoms with Crippen LogP contribution in [0.1, 0.15) is 43.5 Å². The van der Waals surface area contributed by atoms with E-state index < -0.39 is 0 Å². The smallest absolute Gasteiger partial charge is 0.239 e. The van der Waals surface area contributed by atoms with Crippen LogP contribution in [0.5, 0.6) is 0 Å². The number of likely N-dealkylation sites (N-methyl/N-ethyl adjacent to an activating group) is 1. The summed E-state index contributed by atoms with van der Waals surface area (Å²) in [5.74, 6) is 0.922. The van der Waals surface area contributed by atoms with Crippen LogP contribution in [0.25, 0.3) is 0 Å². The molecule has 1 aliphatic heterocycles. The van der Waals surface area contributed by atoms with Gasteiger partial charge in [0.1, 0.15) is 0 Å². The lowest BCUT2D eigenvalue weighted by molar-refractivity contribution is -0.132. The molecule has 1 aliphatic carbocycles. The maximum atomic E-state index is 12.6. The predicted octanol–water partition coefficient (Wildman–Crippen LogP) is 2.27. The average molecular weight is 287 g/mol. The molecule has 4 nitrogen and oxygen atoms in total. The fourth-order valence-corrected chi connectivity index (χ4v) is 3.79. The number of nitrogens with one attached hydrogen (secondary N) is 1. The summed E-state index contributed by atoms with van der Waals surface area (Å²) in [5, 5.41) is 3.56. The third-order valence-electron chi connectivity index (χ3n) is 4.88. The second-order valence-corrected chi connectivity index (χ2v) is 6.57. The fraction of sp³-hybridized carbons (Fsp3) is 0.647. The number of fused-ring (bicyclic) bond motifs is 1. The van der Waals surface area contributed by atoms with Crippen LogP contribution in [0, 0.1) is 12.8 Å². The number of hydrogen-bond donors (Lipinski definition) is 1. The molecule has 0 bridgehead atoms. The summed E-state index contributed by atoms with van der Waals surface area (Å²) in [5.41, 5.74) is 1.96. The highest BCUT2D eigenvalue weighted by Gasteiger charge is 2.39. The molecule has 0 radical (unpaired) electrons. The molecule has 3 unspecified atom stereocenters. The number of nitrogens with zero attached hydrogens (tertiary/aromatic N) is 2. The van der Waals surface area contributed by atoms with Gasteiger partial charge in [0.25, 0.3) is 0 Å². The van der Waals surface area contributed by atoms with E-state index in [0.717, 1.165) is 17.8 Å². The maximum Gasteiger partial charge on any atom is 0.239 e. The van der Waals surface area contributed by atoms with Crippen LogP contribution in [0.4, 0.5) is 0 Å². The summed E-state index contributed by atoms with van der Waals surface area (Å²) in [4.78, 5) is 18.9. The molecule has 1 saturated carbocycles. The lowest BCUT2D eigenvalue weighted by Crippen LogP contribution is -2.43. The van der Waals surface area contributed by atoms with E-state index in [0.29, 0.717) is 18.5 Å². The molecule has 1 saturated heterocycles. The van der Waals surface area contributed by atoms with Crippen molar-refractivity contribution in [2.75, 3.05) is 7.05 Å². The highest BCUT2D eigenvalue weighted by Crippen LogP contribution is 2.33. The van der Waals surface area contributed by atoms with E-state index in [4.69, 9.17) is 0 Å². The van der Waals surface area contributed by atoms with E-state index in [1.165, 1.54) is 25.7 Å². The average Bonchev–Trinajstić information content (AvgIpc) is 2.90. The Balaban J connectivity index is 1.60. The van der Waals surface area contributed by atoms with Gasteiger partial charge in [-0.25, -0.2) is 0 Å².